The molecule has 0 aliphatic heterocycles. The minimum Gasteiger partial charge on any atom is -0.491 e. The Balaban J connectivity index is 0.00000441. The first-order valence-electron chi connectivity index (χ1n) is 7.40. The third-order valence-corrected chi connectivity index (χ3v) is 4.58. The van der Waals surface area contributed by atoms with Gasteiger partial charge in [0.05, 0.1) is 22.2 Å². The number of aryl methyl sites for hydroxylation is 1. The van der Waals surface area contributed by atoms with Crippen LogP contribution in [0.1, 0.15) is 45.1 Å². The summed E-state index contributed by atoms with van der Waals surface area (Å²) in [6, 6.07) is 4.13. The summed E-state index contributed by atoms with van der Waals surface area (Å²) in [4.78, 5) is 0. The molecule has 22 heavy (non-hydrogen) atoms. The topological polar surface area (TPSA) is 55.5 Å². The molecule has 0 aliphatic carbocycles. The minimum absolute atomic E-state index is 0. The summed E-state index contributed by atoms with van der Waals surface area (Å²) in [5, 5.41) is 9.20. The first-order chi connectivity index (χ1) is 9.89. The number of aliphatic hydroxyl groups is 1. The fourth-order valence-electron chi connectivity index (χ4n) is 1.93. The third kappa shape index (κ3) is 7.64. The van der Waals surface area contributed by atoms with Gasteiger partial charge in [0, 0.05) is 5.54 Å². The van der Waals surface area contributed by atoms with Gasteiger partial charge in [0.2, 0.25) is 0 Å². The molecule has 128 valence electrons. The number of benzene rings is 1. The van der Waals surface area contributed by atoms with Crippen LogP contribution in [0.4, 0.5) is 0 Å². The fourth-order valence-corrected chi connectivity index (χ4v) is 3.44. The van der Waals surface area contributed by atoms with Crippen molar-refractivity contribution in [2.24, 2.45) is 5.73 Å². The summed E-state index contributed by atoms with van der Waals surface area (Å²) >= 11 is 7.14. The minimum atomic E-state index is -0.533. The molecule has 0 saturated heterocycles. The monoisotopic (exact) mass is 457 g/mol. The van der Waals surface area contributed by atoms with Gasteiger partial charge in [0.15, 0.2) is 0 Å². The molecule has 1 aromatic rings. The molecule has 3 nitrogen and oxygen atoms in total. The molecule has 0 unspecified atom stereocenters. The van der Waals surface area contributed by atoms with Gasteiger partial charge >= 0.3 is 0 Å². The molecule has 0 bridgehead atoms. The van der Waals surface area contributed by atoms with Crippen molar-refractivity contribution in [2.75, 3.05) is 13.2 Å². The molecule has 3 N–H and O–H groups in total. The van der Waals surface area contributed by atoms with E-state index in [0.717, 1.165) is 40.6 Å². The summed E-state index contributed by atoms with van der Waals surface area (Å²) in [7, 11) is 0. The number of hydrogen-bond acceptors (Lipinski definition) is 3. The SMILES string of the molecule is CCCCCOc1c(Br)cc(CC[C@@](C)(N)CO)cc1Br.Cl. The maximum absolute atomic E-state index is 9.20. The molecule has 1 atom stereocenters. The standard InChI is InChI=1S/C16H25Br2NO2.ClH/c1-3-4-5-8-21-15-13(17)9-12(10-14(15)18)6-7-16(2,19)11-20;/h9-10,20H,3-8,11,19H2,1-2H3;1H/t16-;/m1./s1. The van der Waals surface area contributed by atoms with E-state index in [1.165, 1.54) is 18.4 Å². The van der Waals surface area contributed by atoms with Crippen LogP contribution < -0.4 is 10.5 Å². The molecular formula is C16H26Br2ClNO2. The number of nitrogens with two attached hydrogens (primary N) is 1. The lowest BCUT2D eigenvalue weighted by molar-refractivity contribution is 0.200. The fraction of sp³-hybridized carbons (Fsp3) is 0.625. The molecule has 0 amide bonds. The van der Waals surface area contributed by atoms with E-state index >= 15 is 0 Å². The smallest absolute Gasteiger partial charge is 0.147 e. The van der Waals surface area contributed by atoms with Crippen molar-refractivity contribution >= 4 is 44.3 Å². The van der Waals surface area contributed by atoms with E-state index in [1.54, 1.807) is 0 Å². The van der Waals surface area contributed by atoms with Crippen molar-refractivity contribution in [1.82, 2.24) is 0 Å². The number of aliphatic hydroxyl groups excluding tert-OH is 1. The number of ether oxygens (including phenoxy) is 1. The van der Waals surface area contributed by atoms with Crippen molar-refractivity contribution in [1.29, 1.82) is 0 Å². The lowest BCUT2D eigenvalue weighted by Gasteiger charge is -2.21. The van der Waals surface area contributed by atoms with Gasteiger partial charge in [-0.3, -0.25) is 0 Å². The van der Waals surface area contributed by atoms with Gasteiger partial charge in [-0.25, -0.2) is 0 Å². The molecule has 6 heteroatoms. The largest absolute Gasteiger partial charge is 0.491 e. The van der Waals surface area contributed by atoms with Gasteiger partial charge in [0.1, 0.15) is 5.75 Å². The number of halogens is 3. The van der Waals surface area contributed by atoms with E-state index in [-0.39, 0.29) is 19.0 Å². The molecule has 0 radical (unpaired) electrons. The highest BCUT2D eigenvalue weighted by molar-refractivity contribution is 9.11. The molecule has 1 rings (SSSR count). The average Bonchev–Trinajstić information content (AvgIpc) is 2.44. The molecule has 1 aromatic carbocycles. The van der Waals surface area contributed by atoms with Crippen molar-refractivity contribution < 1.29 is 9.84 Å². The molecule has 0 heterocycles. The quantitative estimate of drug-likeness (QED) is 0.520. The first-order valence-corrected chi connectivity index (χ1v) is 8.98. The second-order valence-corrected chi connectivity index (χ2v) is 7.46. The van der Waals surface area contributed by atoms with E-state index in [1.807, 2.05) is 6.92 Å². The summed E-state index contributed by atoms with van der Waals surface area (Å²) in [5.41, 5.74) is 6.60. The highest BCUT2D eigenvalue weighted by Crippen LogP contribution is 2.35. The van der Waals surface area contributed by atoms with Crippen molar-refractivity contribution in [3.8, 4) is 5.75 Å². The Kier molecular flexibility index (Phi) is 11.0. The highest BCUT2D eigenvalue weighted by atomic mass is 79.9. The summed E-state index contributed by atoms with van der Waals surface area (Å²) in [6.45, 7) is 4.77. The Morgan fingerprint density at radius 3 is 2.32 bits per heavy atom. The molecular weight excluding hydrogens is 433 g/mol. The van der Waals surface area contributed by atoms with E-state index < -0.39 is 5.54 Å². The zero-order valence-corrected chi connectivity index (χ0v) is 17.2. The van der Waals surface area contributed by atoms with Crippen LogP contribution in [0.25, 0.3) is 0 Å². The molecule has 0 aromatic heterocycles. The van der Waals surface area contributed by atoms with E-state index in [0.29, 0.717) is 0 Å². The van der Waals surface area contributed by atoms with Crippen LogP contribution in [0.3, 0.4) is 0 Å². The van der Waals surface area contributed by atoms with Crippen molar-refractivity contribution in [3.05, 3.63) is 26.6 Å². The van der Waals surface area contributed by atoms with Crippen LogP contribution >= 0.6 is 44.3 Å². The predicted octanol–water partition coefficient (Wildman–Crippen LogP) is 4.84. The molecule has 0 saturated carbocycles. The van der Waals surface area contributed by atoms with Gasteiger partial charge in [0.25, 0.3) is 0 Å². The molecule has 0 fully saturated rings. The normalized spacial score (nSPS) is 13.4. The maximum atomic E-state index is 9.20. The van der Waals surface area contributed by atoms with Gasteiger partial charge in [-0.05, 0) is 75.7 Å². The lowest BCUT2D eigenvalue weighted by Crippen LogP contribution is -2.40. The zero-order chi connectivity index (χ0) is 15.9. The molecule has 0 spiro atoms. The van der Waals surface area contributed by atoms with Gasteiger partial charge in [-0.1, -0.05) is 19.8 Å². The number of hydrogen-bond donors (Lipinski definition) is 2. The summed E-state index contributed by atoms with van der Waals surface area (Å²) in [6.07, 6.45) is 5.00. The predicted molar refractivity (Wildman–Crippen MR) is 102 cm³/mol. The number of rotatable bonds is 9. The van der Waals surface area contributed by atoms with Crippen LogP contribution in [0.15, 0.2) is 21.1 Å². The zero-order valence-electron chi connectivity index (χ0n) is 13.2. The van der Waals surface area contributed by atoms with Gasteiger partial charge < -0.3 is 15.6 Å². The Hall–Kier alpha value is 0.190. The van der Waals surface area contributed by atoms with E-state index in [2.05, 4.69) is 50.9 Å². The second-order valence-electron chi connectivity index (χ2n) is 5.76. The first kappa shape index (κ1) is 22.2. The van der Waals surface area contributed by atoms with E-state index in [4.69, 9.17) is 10.5 Å². The van der Waals surface area contributed by atoms with Crippen LogP contribution in [-0.2, 0) is 6.42 Å². The van der Waals surface area contributed by atoms with Crippen LogP contribution in [-0.4, -0.2) is 23.9 Å². The van der Waals surface area contributed by atoms with Crippen molar-refractivity contribution in [2.45, 2.75) is 51.5 Å². The third-order valence-electron chi connectivity index (χ3n) is 3.40. The highest BCUT2D eigenvalue weighted by Gasteiger charge is 2.17. The Bertz CT molecular complexity index is 433. The lowest BCUT2D eigenvalue weighted by atomic mass is 9.95. The second kappa shape index (κ2) is 10.9. The maximum Gasteiger partial charge on any atom is 0.147 e. The molecule has 0 aliphatic rings. The van der Waals surface area contributed by atoms with Crippen LogP contribution in [0.2, 0.25) is 0 Å². The van der Waals surface area contributed by atoms with Crippen molar-refractivity contribution in [3.63, 3.8) is 0 Å². The Labute approximate surface area is 156 Å². The Morgan fingerprint density at radius 1 is 1.23 bits per heavy atom. The van der Waals surface area contributed by atoms with Crippen LogP contribution in [0, 0.1) is 0 Å². The van der Waals surface area contributed by atoms with E-state index in [9.17, 15) is 5.11 Å². The number of unbranched alkanes of at least 4 members (excludes halogenated alkanes) is 2. The average molecular weight is 460 g/mol. The van der Waals surface area contributed by atoms with Crippen LogP contribution in [0.5, 0.6) is 5.75 Å². The summed E-state index contributed by atoms with van der Waals surface area (Å²) in [5.74, 6) is 0.854. The Morgan fingerprint density at radius 2 is 1.82 bits per heavy atom. The van der Waals surface area contributed by atoms with Gasteiger partial charge in [-0.15, -0.1) is 12.4 Å². The summed E-state index contributed by atoms with van der Waals surface area (Å²) < 4.78 is 7.73. The van der Waals surface area contributed by atoms with Gasteiger partial charge in [-0.2, -0.15) is 0 Å².